The zero-order chi connectivity index (χ0) is 25.3. The standard InChI is InChI=1S/C28H32O8/c1-31-25-9-5-3-7-23(25)27(29)35-33-21-15-11-19(12-16-21)20-13-17-22(18-14-20)34-36-28(30)24-8-4-6-10-26(24)32-2/h3-10,15,19-20,22H,11-14,16-18H2,1-2H3. The molecular formula is C28H32O8. The number of para-hydroxylation sites is 2. The van der Waals surface area contributed by atoms with Gasteiger partial charge in [-0.1, -0.05) is 24.3 Å². The van der Waals surface area contributed by atoms with Crippen LogP contribution >= 0.6 is 0 Å². The Morgan fingerprint density at radius 3 is 1.86 bits per heavy atom. The second kappa shape index (κ2) is 12.4. The third kappa shape index (κ3) is 6.37. The summed E-state index contributed by atoms with van der Waals surface area (Å²) in [6.07, 6.45) is 8.17. The number of carbonyl (C=O) groups excluding carboxylic acids is 2. The molecule has 1 saturated carbocycles. The third-order valence-corrected chi connectivity index (χ3v) is 6.93. The summed E-state index contributed by atoms with van der Waals surface area (Å²) in [5.41, 5.74) is 0.663. The molecule has 0 radical (unpaired) electrons. The maximum absolute atomic E-state index is 12.3. The van der Waals surface area contributed by atoms with Crippen molar-refractivity contribution < 1.29 is 38.6 Å². The first-order valence-electron chi connectivity index (χ1n) is 12.3. The van der Waals surface area contributed by atoms with E-state index in [1.165, 1.54) is 14.2 Å². The molecule has 1 fully saturated rings. The lowest BCUT2D eigenvalue weighted by molar-refractivity contribution is -0.281. The van der Waals surface area contributed by atoms with Crippen molar-refractivity contribution in [1.29, 1.82) is 0 Å². The molecule has 2 aromatic carbocycles. The second-order valence-corrected chi connectivity index (χ2v) is 9.06. The molecule has 1 atom stereocenters. The van der Waals surface area contributed by atoms with Crippen molar-refractivity contribution in [3.8, 4) is 11.5 Å². The van der Waals surface area contributed by atoms with E-state index in [2.05, 4.69) is 0 Å². The van der Waals surface area contributed by atoms with Crippen molar-refractivity contribution in [2.45, 2.75) is 51.0 Å². The molecule has 192 valence electrons. The Morgan fingerprint density at radius 1 is 0.722 bits per heavy atom. The van der Waals surface area contributed by atoms with Gasteiger partial charge in [-0.25, -0.2) is 14.5 Å². The number of ether oxygens (including phenoxy) is 2. The van der Waals surface area contributed by atoms with E-state index >= 15 is 0 Å². The molecule has 0 N–H and O–H groups in total. The van der Waals surface area contributed by atoms with E-state index in [1.54, 1.807) is 48.5 Å². The Bertz CT molecular complexity index is 1070. The Morgan fingerprint density at radius 2 is 1.31 bits per heavy atom. The summed E-state index contributed by atoms with van der Waals surface area (Å²) in [7, 11) is 3.02. The summed E-state index contributed by atoms with van der Waals surface area (Å²) in [4.78, 5) is 45.6. The number of hydrogen-bond donors (Lipinski definition) is 0. The van der Waals surface area contributed by atoms with Gasteiger partial charge in [0.05, 0.1) is 14.2 Å². The van der Waals surface area contributed by atoms with Crippen LogP contribution < -0.4 is 9.47 Å². The zero-order valence-corrected chi connectivity index (χ0v) is 20.6. The van der Waals surface area contributed by atoms with E-state index in [0.717, 1.165) is 44.9 Å². The average Bonchev–Trinajstić information content (AvgIpc) is 2.95. The van der Waals surface area contributed by atoms with Crippen LogP contribution in [0.25, 0.3) is 0 Å². The van der Waals surface area contributed by atoms with Gasteiger partial charge < -0.3 is 9.47 Å². The first kappa shape index (κ1) is 25.6. The zero-order valence-electron chi connectivity index (χ0n) is 20.6. The van der Waals surface area contributed by atoms with Crippen molar-refractivity contribution in [2.75, 3.05) is 14.2 Å². The summed E-state index contributed by atoms with van der Waals surface area (Å²) in [5.74, 6) is 1.56. The molecule has 8 nitrogen and oxygen atoms in total. The van der Waals surface area contributed by atoms with Crippen LogP contribution in [0.15, 0.2) is 60.4 Å². The normalized spacial score (nSPS) is 21.6. The van der Waals surface area contributed by atoms with Crippen LogP contribution in [-0.4, -0.2) is 32.3 Å². The minimum Gasteiger partial charge on any atom is -0.496 e. The Balaban J connectivity index is 1.18. The van der Waals surface area contributed by atoms with Crippen molar-refractivity contribution in [1.82, 2.24) is 0 Å². The van der Waals surface area contributed by atoms with E-state index < -0.39 is 11.9 Å². The summed E-state index contributed by atoms with van der Waals surface area (Å²) in [6, 6.07) is 13.8. The number of carbonyl (C=O) groups is 2. The van der Waals surface area contributed by atoms with Crippen LogP contribution in [0.2, 0.25) is 0 Å². The number of allylic oxidation sites excluding steroid dienone is 2. The maximum Gasteiger partial charge on any atom is 0.389 e. The molecule has 4 rings (SSSR count). The smallest absolute Gasteiger partial charge is 0.389 e. The Hall–Kier alpha value is -3.52. The molecule has 0 aromatic heterocycles. The first-order valence-corrected chi connectivity index (χ1v) is 12.3. The van der Waals surface area contributed by atoms with Gasteiger partial charge in [0.15, 0.2) is 5.76 Å². The highest BCUT2D eigenvalue weighted by atomic mass is 17.2. The van der Waals surface area contributed by atoms with Crippen molar-refractivity contribution in [3.05, 3.63) is 71.5 Å². The number of rotatable bonds is 9. The molecule has 8 heteroatoms. The largest absolute Gasteiger partial charge is 0.496 e. The fourth-order valence-electron chi connectivity index (χ4n) is 4.91. The topological polar surface area (TPSA) is 89.5 Å². The van der Waals surface area contributed by atoms with Gasteiger partial charge in [0.25, 0.3) is 0 Å². The Kier molecular flexibility index (Phi) is 8.84. The first-order chi connectivity index (χ1) is 17.6. The fourth-order valence-corrected chi connectivity index (χ4v) is 4.91. The van der Waals surface area contributed by atoms with Gasteiger partial charge in [-0.15, -0.1) is 0 Å². The number of benzene rings is 2. The highest BCUT2D eigenvalue weighted by Crippen LogP contribution is 2.39. The second-order valence-electron chi connectivity index (χ2n) is 9.06. The molecule has 2 aliphatic rings. The molecule has 0 spiro atoms. The summed E-state index contributed by atoms with van der Waals surface area (Å²) < 4.78 is 10.4. The van der Waals surface area contributed by atoms with Crippen LogP contribution in [0.5, 0.6) is 11.5 Å². The fraction of sp³-hybridized carbons (Fsp3) is 0.429. The van der Waals surface area contributed by atoms with E-state index in [-0.39, 0.29) is 6.10 Å². The Labute approximate surface area is 210 Å². The van der Waals surface area contributed by atoms with E-state index in [4.69, 9.17) is 29.0 Å². The van der Waals surface area contributed by atoms with Crippen molar-refractivity contribution in [3.63, 3.8) is 0 Å². The molecular weight excluding hydrogens is 464 g/mol. The summed E-state index contributed by atoms with van der Waals surface area (Å²) in [5, 5.41) is 0. The lowest BCUT2D eigenvalue weighted by Gasteiger charge is -2.34. The molecule has 0 bridgehead atoms. The van der Waals surface area contributed by atoms with E-state index in [1.807, 2.05) is 6.08 Å². The molecule has 0 aliphatic heterocycles. The molecule has 0 amide bonds. The van der Waals surface area contributed by atoms with Crippen LogP contribution in [0, 0.1) is 11.8 Å². The van der Waals surface area contributed by atoms with Crippen LogP contribution in [0.1, 0.15) is 65.7 Å². The van der Waals surface area contributed by atoms with Gasteiger partial charge in [0.2, 0.25) is 0 Å². The van der Waals surface area contributed by atoms with Crippen LogP contribution in [0.4, 0.5) is 0 Å². The van der Waals surface area contributed by atoms with Gasteiger partial charge in [0, 0.05) is 6.42 Å². The number of hydrogen-bond acceptors (Lipinski definition) is 8. The SMILES string of the molecule is COc1ccccc1C(=O)OOC1=CCC(C2CCC(OOC(=O)c3ccccc3OC)CC2)CC1. The van der Waals surface area contributed by atoms with E-state index in [0.29, 0.717) is 40.2 Å². The predicted octanol–water partition coefficient (Wildman–Crippen LogP) is 5.82. The lowest BCUT2D eigenvalue weighted by Crippen LogP contribution is -2.28. The van der Waals surface area contributed by atoms with Crippen LogP contribution in [0.3, 0.4) is 0 Å². The molecule has 0 heterocycles. The summed E-state index contributed by atoms with van der Waals surface area (Å²) in [6.45, 7) is 0. The quantitative estimate of drug-likeness (QED) is 0.317. The highest BCUT2D eigenvalue weighted by molar-refractivity contribution is 5.92. The van der Waals surface area contributed by atoms with Gasteiger partial charge in [-0.3, -0.25) is 9.78 Å². The summed E-state index contributed by atoms with van der Waals surface area (Å²) >= 11 is 0. The van der Waals surface area contributed by atoms with Gasteiger partial charge in [-0.05, 0) is 80.7 Å². The van der Waals surface area contributed by atoms with E-state index in [9.17, 15) is 9.59 Å². The average molecular weight is 497 g/mol. The molecule has 2 aliphatic carbocycles. The molecule has 0 saturated heterocycles. The third-order valence-electron chi connectivity index (χ3n) is 6.93. The van der Waals surface area contributed by atoms with Crippen molar-refractivity contribution in [2.24, 2.45) is 11.8 Å². The van der Waals surface area contributed by atoms with Crippen LogP contribution in [-0.2, 0) is 19.6 Å². The monoisotopic (exact) mass is 496 g/mol. The minimum atomic E-state index is -0.583. The molecule has 1 unspecified atom stereocenters. The van der Waals surface area contributed by atoms with Gasteiger partial charge >= 0.3 is 11.9 Å². The van der Waals surface area contributed by atoms with Gasteiger partial charge in [0.1, 0.15) is 28.7 Å². The molecule has 2 aromatic rings. The number of methoxy groups -OCH3 is 2. The minimum absolute atomic E-state index is 0.104. The lowest BCUT2D eigenvalue weighted by atomic mass is 9.74. The predicted molar refractivity (Wildman–Crippen MR) is 130 cm³/mol. The maximum atomic E-state index is 12.3. The molecule has 36 heavy (non-hydrogen) atoms. The highest BCUT2D eigenvalue weighted by Gasteiger charge is 2.31. The van der Waals surface area contributed by atoms with Gasteiger partial charge in [-0.2, -0.15) is 4.89 Å². The van der Waals surface area contributed by atoms with Crippen molar-refractivity contribution >= 4 is 11.9 Å².